The van der Waals surface area contributed by atoms with Crippen LogP contribution in [0.15, 0.2) is 40.1 Å². The van der Waals surface area contributed by atoms with Crippen LogP contribution in [0.25, 0.3) is 0 Å². The van der Waals surface area contributed by atoms with Gasteiger partial charge in [0, 0.05) is 19.3 Å². The molecular formula is C15H19N3O3S2. The molecule has 2 aromatic rings. The lowest BCUT2D eigenvalue weighted by Crippen LogP contribution is -2.43. The molecule has 8 heteroatoms. The van der Waals surface area contributed by atoms with Crippen LogP contribution in [0, 0.1) is 0 Å². The van der Waals surface area contributed by atoms with E-state index in [2.05, 4.69) is 26.1 Å². The Hall–Kier alpha value is -1.48. The zero-order valence-electron chi connectivity index (χ0n) is 13.0. The highest BCUT2D eigenvalue weighted by Crippen LogP contribution is 2.29. The number of thiophene rings is 1. The van der Waals surface area contributed by atoms with Gasteiger partial charge in [0.15, 0.2) is 0 Å². The highest BCUT2D eigenvalue weighted by Gasteiger charge is 2.27. The molecule has 0 radical (unpaired) electrons. The summed E-state index contributed by atoms with van der Waals surface area (Å²) in [5, 5.41) is 4.13. The molecule has 0 aliphatic carbocycles. The van der Waals surface area contributed by atoms with Crippen LogP contribution < -0.4 is 9.62 Å². The second-order valence-electron chi connectivity index (χ2n) is 5.46. The van der Waals surface area contributed by atoms with Crippen molar-refractivity contribution >= 4 is 27.2 Å². The van der Waals surface area contributed by atoms with Crippen LogP contribution in [0.2, 0.25) is 0 Å². The molecule has 0 saturated carbocycles. The molecule has 6 nitrogen and oxygen atoms in total. The maximum atomic E-state index is 11.8. The summed E-state index contributed by atoms with van der Waals surface area (Å²) < 4.78 is 31.8. The van der Waals surface area contributed by atoms with Crippen molar-refractivity contribution in [3.05, 3.63) is 40.7 Å². The molecule has 3 rings (SSSR count). The smallest absolute Gasteiger partial charge is 0.241 e. The predicted octanol–water partition coefficient (Wildman–Crippen LogP) is 2.02. The van der Waals surface area contributed by atoms with E-state index in [0.29, 0.717) is 6.54 Å². The number of anilines is 1. The highest BCUT2D eigenvalue weighted by atomic mass is 32.2. The van der Waals surface area contributed by atoms with Gasteiger partial charge in [-0.1, -0.05) is 0 Å². The lowest BCUT2D eigenvalue weighted by Gasteiger charge is -2.37. The number of pyridine rings is 1. The summed E-state index contributed by atoms with van der Waals surface area (Å²) in [5.74, 6) is 0.760. The van der Waals surface area contributed by atoms with E-state index >= 15 is 0 Å². The molecule has 1 aliphatic heterocycles. The zero-order valence-corrected chi connectivity index (χ0v) is 14.6. The Morgan fingerprint density at radius 3 is 2.78 bits per heavy atom. The van der Waals surface area contributed by atoms with Gasteiger partial charge >= 0.3 is 0 Å². The quantitative estimate of drug-likeness (QED) is 0.910. The predicted molar refractivity (Wildman–Crippen MR) is 90.3 cm³/mol. The fraction of sp³-hybridized carbons (Fsp3) is 0.400. The number of hydrogen-bond acceptors (Lipinski definition) is 6. The Balaban J connectivity index is 1.80. The lowest BCUT2D eigenvalue weighted by atomic mass is 10.1. The first kappa shape index (κ1) is 16.4. The van der Waals surface area contributed by atoms with Gasteiger partial charge in [-0.3, -0.25) is 0 Å². The number of nitrogens with zero attached hydrogens (tertiary/aromatic N) is 2. The molecular weight excluding hydrogens is 334 g/mol. The van der Waals surface area contributed by atoms with Crippen LogP contribution in [-0.4, -0.2) is 39.6 Å². The average molecular weight is 353 g/mol. The fourth-order valence-electron chi connectivity index (χ4n) is 2.62. The van der Waals surface area contributed by atoms with E-state index < -0.39 is 10.0 Å². The normalized spacial score (nSPS) is 22.3. The van der Waals surface area contributed by atoms with E-state index in [9.17, 15) is 8.42 Å². The SMILES string of the molecule is CNS(=O)(=O)c1ccc(N2CC(C)OC(c3ccsc3)C2)nc1. The molecule has 0 spiro atoms. The minimum absolute atomic E-state index is 0.00696. The second kappa shape index (κ2) is 6.56. The van der Waals surface area contributed by atoms with Gasteiger partial charge in [0.1, 0.15) is 16.8 Å². The van der Waals surface area contributed by atoms with Gasteiger partial charge in [0.05, 0.1) is 6.10 Å². The van der Waals surface area contributed by atoms with Crippen LogP contribution in [0.4, 0.5) is 5.82 Å². The van der Waals surface area contributed by atoms with Crippen molar-refractivity contribution in [2.24, 2.45) is 0 Å². The van der Waals surface area contributed by atoms with Gasteiger partial charge < -0.3 is 9.64 Å². The molecule has 2 atom stereocenters. The first-order valence-corrected chi connectivity index (χ1v) is 9.74. The molecule has 124 valence electrons. The fourth-order valence-corrected chi connectivity index (χ4v) is 3.99. The van der Waals surface area contributed by atoms with Crippen LogP contribution >= 0.6 is 11.3 Å². The van der Waals surface area contributed by atoms with E-state index in [0.717, 1.165) is 12.4 Å². The zero-order chi connectivity index (χ0) is 16.4. The summed E-state index contributed by atoms with van der Waals surface area (Å²) in [4.78, 5) is 6.62. The standard InChI is InChI=1S/C15H19N3O3S2/c1-11-8-18(9-14(21-11)12-5-6-22-10-12)15-4-3-13(7-17-15)23(19,20)16-2/h3-7,10-11,14,16H,8-9H2,1-2H3. The van der Waals surface area contributed by atoms with Crippen molar-refractivity contribution in [3.63, 3.8) is 0 Å². The van der Waals surface area contributed by atoms with Crippen molar-refractivity contribution in [2.45, 2.75) is 24.0 Å². The van der Waals surface area contributed by atoms with Gasteiger partial charge in [-0.05, 0) is 48.5 Å². The van der Waals surface area contributed by atoms with Gasteiger partial charge in [-0.15, -0.1) is 0 Å². The molecule has 0 bridgehead atoms. The molecule has 1 N–H and O–H groups in total. The van der Waals surface area contributed by atoms with E-state index in [-0.39, 0.29) is 17.1 Å². The number of morpholine rings is 1. The van der Waals surface area contributed by atoms with E-state index in [4.69, 9.17) is 4.74 Å². The van der Waals surface area contributed by atoms with Crippen molar-refractivity contribution in [2.75, 3.05) is 25.0 Å². The average Bonchev–Trinajstić information content (AvgIpc) is 3.09. The van der Waals surface area contributed by atoms with Gasteiger partial charge in [-0.2, -0.15) is 11.3 Å². The third kappa shape index (κ3) is 3.55. The summed E-state index contributed by atoms with van der Waals surface area (Å²) in [6.07, 6.45) is 1.48. The number of nitrogens with one attached hydrogen (secondary N) is 1. The van der Waals surface area contributed by atoms with Crippen molar-refractivity contribution < 1.29 is 13.2 Å². The van der Waals surface area contributed by atoms with E-state index in [1.807, 2.05) is 12.3 Å². The minimum atomic E-state index is -3.46. The van der Waals surface area contributed by atoms with Crippen LogP contribution in [-0.2, 0) is 14.8 Å². The molecule has 0 aromatic carbocycles. The Labute approximate surface area is 140 Å². The van der Waals surface area contributed by atoms with Gasteiger partial charge in [0.25, 0.3) is 0 Å². The van der Waals surface area contributed by atoms with Crippen LogP contribution in [0.3, 0.4) is 0 Å². The molecule has 0 amide bonds. The summed E-state index contributed by atoms with van der Waals surface area (Å²) in [5.41, 5.74) is 1.17. The van der Waals surface area contributed by atoms with Crippen molar-refractivity contribution in [1.82, 2.24) is 9.71 Å². The van der Waals surface area contributed by atoms with E-state index in [1.54, 1.807) is 23.5 Å². The monoisotopic (exact) mass is 353 g/mol. The highest BCUT2D eigenvalue weighted by molar-refractivity contribution is 7.89. The molecule has 3 heterocycles. The molecule has 1 aliphatic rings. The molecule has 1 fully saturated rings. The topological polar surface area (TPSA) is 71.5 Å². The number of rotatable bonds is 4. The third-order valence-corrected chi connectivity index (χ3v) is 5.90. The Bertz CT molecular complexity index is 745. The molecule has 2 aromatic heterocycles. The maximum Gasteiger partial charge on any atom is 0.241 e. The van der Waals surface area contributed by atoms with Crippen LogP contribution in [0.5, 0.6) is 0 Å². The van der Waals surface area contributed by atoms with E-state index in [1.165, 1.54) is 18.8 Å². The van der Waals surface area contributed by atoms with Gasteiger partial charge in [0.2, 0.25) is 10.0 Å². The van der Waals surface area contributed by atoms with Crippen molar-refractivity contribution in [1.29, 1.82) is 0 Å². The molecule has 2 unspecified atom stereocenters. The summed E-state index contributed by atoms with van der Waals surface area (Å²) in [6, 6.07) is 5.39. The largest absolute Gasteiger partial charge is 0.367 e. The van der Waals surface area contributed by atoms with Crippen molar-refractivity contribution in [3.8, 4) is 0 Å². The van der Waals surface area contributed by atoms with Crippen LogP contribution in [0.1, 0.15) is 18.6 Å². The first-order valence-electron chi connectivity index (χ1n) is 7.31. The lowest BCUT2D eigenvalue weighted by molar-refractivity contribution is -0.0174. The summed E-state index contributed by atoms with van der Waals surface area (Å²) >= 11 is 1.65. The van der Waals surface area contributed by atoms with Gasteiger partial charge in [-0.25, -0.2) is 18.1 Å². The number of sulfonamides is 1. The molecule has 1 saturated heterocycles. The first-order chi connectivity index (χ1) is 11.0. The number of ether oxygens (including phenoxy) is 1. The maximum absolute atomic E-state index is 11.8. The molecule has 23 heavy (non-hydrogen) atoms. The minimum Gasteiger partial charge on any atom is -0.367 e. The Morgan fingerprint density at radius 2 is 2.17 bits per heavy atom. The number of aromatic nitrogens is 1. The number of hydrogen-bond donors (Lipinski definition) is 1. The Kier molecular flexibility index (Phi) is 4.67. The second-order valence-corrected chi connectivity index (χ2v) is 8.12. The summed E-state index contributed by atoms with van der Waals surface area (Å²) in [6.45, 7) is 3.46. The summed E-state index contributed by atoms with van der Waals surface area (Å²) in [7, 11) is -2.07. The Morgan fingerprint density at radius 1 is 1.35 bits per heavy atom. The third-order valence-electron chi connectivity index (χ3n) is 3.80.